The Balaban J connectivity index is 1.42. The van der Waals surface area contributed by atoms with Crippen molar-refractivity contribution in [3.63, 3.8) is 0 Å². The van der Waals surface area contributed by atoms with Crippen LogP contribution >= 0.6 is 22.9 Å². The zero-order valence-electron chi connectivity index (χ0n) is 15.8. The van der Waals surface area contributed by atoms with Gasteiger partial charge < -0.3 is 10.6 Å². The molecule has 1 aliphatic rings. The molecule has 0 radical (unpaired) electrons. The second-order valence-electron chi connectivity index (χ2n) is 7.34. The van der Waals surface area contributed by atoms with E-state index >= 15 is 0 Å². The summed E-state index contributed by atoms with van der Waals surface area (Å²) in [6.45, 7) is 0. The predicted octanol–water partition coefficient (Wildman–Crippen LogP) is 6.12. The van der Waals surface area contributed by atoms with Crippen molar-refractivity contribution in [1.29, 1.82) is 0 Å². The Morgan fingerprint density at radius 2 is 1.77 bits per heavy atom. The fourth-order valence-electron chi connectivity index (χ4n) is 3.73. The zero-order chi connectivity index (χ0) is 21.3. The highest BCUT2D eigenvalue weighted by molar-refractivity contribution is 7.18. The van der Waals surface area contributed by atoms with Crippen LogP contribution < -0.4 is 10.6 Å². The van der Waals surface area contributed by atoms with E-state index in [-0.39, 0.29) is 18.0 Å². The van der Waals surface area contributed by atoms with Crippen molar-refractivity contribution in [1.82, 2.24) is 10.3 Å². The number of hydrogen-bond acceptors (Lipinski definition) is 4. The van der Waals surface area contributed by atoms with Gasteiger partial charge in [0.2, 0.25) is 0 Å². The molecule has 158 valence electrons. The highest BCUT2D eigenvalue weighted by Gasteiger charge is 2.34. The van der Waals surface area contributed by atoms with E-state index < -0.39 is 11.9 Å². The topological polar surface area (TPSA) is 54.0 Å². The molecule has 0 aliphatic heterocycles. The number of carbonyl (C=O) groups excluding carboxylic acids is 1. The summed E-state index contributed by atoms with van der Waals surface area (Å²) in [5.74, 6) is -0.141. The van der Waals surface area contributed by atoms with E-state index in [0.29, 0.717) is 25.8 Å². The van der Waals surface area contributed by atoms with Crippen molar-refractivity contribution in [2.75, 3.05) is 5.32 Å². The molecule has 0 atom stereocenters. The van der Waals surface area contributed by atoms with Gasteiger partial charge in [-0.05, 0) is 49.9 Å². The van der Waals surface area contributed by atoms with Gasteiger partial charge in [-0.25, -0.2) is 4.98 Å². The van der Waals surface area contributed by atoms with Crippen LogP contribution in [0.5, 0.6) is 0 Å². The molecule has 1 aromatic carbocycles. The number of carbonyl (C=O) groups is 1. The summed E-state index contributed by atoms with van der Waals surface area (Å²) in [5, 5.41) is 6.96. The first-order valence-corrected chi connectivity index (χ1v) is 10.8. The molecule has 30 heavy (non-hydrogen) atoms. The van der Waals surface area contributed by atoms with Gasteiger partial charge in [0.05, 0.1) is 14.7 Å². The van der Waals surface area contributed by atoms with Crippen molar-refractivity contribution in [2.24, 2.45) is 0 Å². The van der Waals surface area contributed by atoms with Crippen LogP contribution in [-0.2, 0) is 6.18 Å². The first-order chi connectivity index (χ1) is 14.3. The Bertz CT molecular complexity index is 1060. The zero-order valence-corrected chi connectivity index (χ0v) is 17.4. The predicted molar refractivity (Wildman–Crippen MR) is 113 cm³/mol. The van der Waals surface area contributed by atoms with Crippen molar-refractivity contribution < 1.29 is 18.0 Å². The average molecular weight is 454 g/mol. The largest absolute Gasteiger partial charge is 0.433 e. The monoisotopic (exact) mass is 453 g/mol. The van der Waals surface area contributed by atoms with E-state index in [1.165, 1.54) is 11.3 Å². The van der Waals surface area contributed by atoms with Gasteiger partial charge in [-0.3, -0.25) is 4.79 Å². The number of hydrogen-bond donors (Lipinski definition) is 2. The smallest absolute Gasteiger partial charge is 0.382 e. The van der Waals surface area contributed by atoms with E-state index in [9.17, 15) is 18.0 Å². The van der Waals surface area contributed by atoms with Crippen LogP contribution in [-0.4, -0.2) is 23.0 Å². The lowest BCUT2D eigenvalue weighted by Crippen LogP contribution is -2.40. The van der Waals surface area contributed by atoms with Crippen molar-refractivity contribution >= 4 is 45.4 Å². The summed E-state index contributed by atoms with van der Waals surface area (Å²) in [5.41, 5.74) is -0.154. The molecule has 0 unspecified atom stereocenters. The highest BCUT2D eigenvalue weighted by atomic mass is 35.5. The first-order valence-electron chi connectivity index (χ1n) is 9.59. The Labute approximate surface area is 180 Å². The fourth-order valence-corrected chi connectivity index (χ4v) is 4.68. The number of fused-ring (bicyclic) bond motifs is 1. The van der Waals surface area contributed by atoms with Crippen LogP contribution in [0.25, 0.3) is 10.9 Å². The summed E-state index contributed by atoms with van der Waals surface area (Å²) >= 11 is 7.11. The second kappa shape index (κ2) is 8.43. The number of aromatic nitrogens is 1. The molecule has 1 aliphatic carbocycles. The minimum absolute atomic E-state index is 0.0289. The van der Waals surface area contributed by atoms with Gasteiger partial charge in [0.25, 0.3) is 5.91 Å². The van der Waals surface area contributed by atoms with E-state index in [0.717, 1.165) is 31.7 Å². The van der Waals surface area contributed by atoms with Gasteiger partial charge in [-0.15, -0.1) is 11.3 Å². The number of alkyl halides is 3. The Hall–Kier alpha value is -2.32. The molecule has 2 aromatic heterocycles. The summed E-state index contributed by atoms with van der Waals surface area (Å²) in [6.07, 6.45) is -1.52. The van der Waals surface area contributed by atoms with Crippen molar-refractivity contribution in [3.05, 3.63) is 57.4 Å². The first kappa shape index (κ1) is 20.9. The van der Waals surface area contributed by atoms with Crippen LogP contribution in [0, 0.1) is 0 Å². The third-order valence-electron chi connectivity index (χ3n) is 5.23. The van der Waals surface area contributed by atoms with Gasteiger partial charge in [0, 0.05) is 23.2 Å². The lowest BCUT2D eigenvalue weighted by molar-refractivity contribution is -0.140. The van der Waals surface area contributed by atoms with E-state index in [4.69, 9.17) is 11.6 Å². The molecule has 1 saturated carbocycles. The summed E-state index contributed by atoms with van der Waals surface area (Å²) in [4.78, 5) is 16.6. The molecular formula is C21H19ClF3N3OS. The number of nitrogens with one attached hydrogen (secondary N) is 2. The lowest BCUT2D eigenvalue weighted by atomic mass is 9.90. The third-order valence-corrected chi connectivity index (χ3v) is 6.46. The quantitative estimate of drug-likeness (QED) is 0.500. The number of anilines is 1. The minimum atomic E-state index is -4.51. The van der Waals surface area contributed by atoms with Gasteiger partial charge in [-0.2, -0.15) is 13.2 Å². The second-order valence-corrected chi connectivity index (χ2v) is 9.06. The van der Waals surface area contributed by atoms with Crippen LogP contribution in [0.4, 0.5) is 18.9 Å². The third kappa shape index (κ3) is 4.70. The normalized spacial score (nSPS) is 19.6. The number of para-hydroxylation sites is 1. The van der Waals surface area contributed by atoms with Crippen LogP contribution in [0.2, 0.25) is 4.34 Å². The number of rotatable bonds is 4. The number of pyridine rings is 1. The number of amides is 1. The van der Waals surface area contributed by atoms with Gasteiger partial charge in [0.1, 0.15) is 5.69 Å². The Kier molecular flexibility index (Phi) is 5.88. The molecule has 2 N–H and O–H groups in total. The lowest BCUT2D eigenvalue weighted by Gasteiger charge is -2.30. The molecule has 4 rings (SSSR count). The Morgan fingerprint density at radius 3 is 2.43 bits per heavy atom. The molecule has 0 saturated heterocycles. The van der Waals surface area contributed by atoms with Gasteiger partial charge in [0.15, 0.2) is 0 Å². The maximum Gasteiger partial charge on any atom is 0.433 e. The van der Waals surface area contributed by atoms with Gasteiger partial charge in [-0.1, -0.05) is 29.8 Å². The van der Waals surface area contributed by atoms with Crippen LogP contribution in [0.3, 0.4) is 0 Å². The number of halogens is 4. The number of benzene rings is 1. The minimum Gasteiger partial charge on any atom is -0.382 e. The molecule has 3 aromatic rings. The Morgan fingerprint density at radius 1 is 1.07 bits per heavy atom. The fraction of sp³-hybridized carbons (Fsp3) is 0.333. The van der Waals surface area contributed by atoms with E-state index in [1.54, 1.807) is 36.4 Å². The molecule has 0 bridgehead atoms. The molecule has 0 spiro atoms. The molecule has 2 heterocycles. The van der Waals surface area contributed by atoms with Crippen LogP contribution in [0.15, 0.2) is 42.5 Å². The summed E-state index contributed by atoms with van der Waals surface area (Å²) in [6, 6.07) is 11.3. The average Bonchev–Trinajstić information content (AvgIpc) is 3.15. The van der Waals surface area contributed by atoms with Gasteiger partial charge >= 0.3 is 6.18 Å². The molecule has 4 nitrogen and oxygen atoms in total. The standard InChI is InChI=1S/C21H19ClF3N3OS/c22-19-10-9-17(30-19)20(29)27-13-7-5-12(6-8-13)26-16-11-18(21(23,24)25)28-15-4-2-1-3-14(15)16/h1-4,9-13H,5-8H2,(H,26,28)(H,27,29). The maximum absolute atomic E-state index is 13.3. The molecular weight excluding hydrogens is 435 g/mol. The number of thiophene rings is 1. The molecule has 1 fully saturated rings. The summed E-state index contributed by atoms with van der Waals surface area (Å²) < 4.78 is 40.3. The number of nitrogens with zero attached hydrogens (tertiary/aromatic N) is 1. The SMILES string of the molecule is O=C(NC1CCC(Nc2cc(C(F)(F)F)nc3ccccc23)CC1)c1ccc(Cl)s1. The molecule has 9 heteroatoms. The van der Waals surface area contributed by atoms with Crippen LogP contribution in [0.1, 0.15) is 41.0 Å². The van der Waals surface area contributed by atoms with E-state index in [1.807, 2.05) is 0 Å². The maximum atomic E-state index is 13.3. The summed E-state index contributed by atoms with van der Waals surface area (Å²) in [7, 11) is 0. The van der Waals surface area contributed by atoms with Crippen molar-refractivity contribution in [3.8, 4) is 0 Å². The highest BCUT2D eigenvalue weighted by Crippen LogP contribution is 2.34. The van der Waals surface area contributed by atoms with E-state index in [2.05, 4.69) is 15.6 Å². The molecule has 1 amide bonds. The van der Waals surface area contributed by atoms with Crippen molar-refractivity contribution in [2.45, 2.75) is 43.9 Å².